The molecule has 0 spiro atoms. The molecule has 1 aliphatic rings. The molecule has 1 aromatic heterocycles. The molecule has 0 aliphatic carbocycles. The van der Waals surface area contributed by atoms with E-state index in [2.05, 4.69) is 49.6 Å². The highest BCUT2D eigenvalue weighted by Gasteiger charge is 2.18. The van der Waals surface area contributed by atoms with Crippen molar-refractivity contribution in [2.75, 3.05) is 47.0 Å². The summed E-state index contributed by atoms with van der Waals surface area (Å²) in [4.78, 5) is 16.6. The van der Waals surface area contributed by atoms with E-state index in [0.717, 1.165) is 32.0 Å². The van der Waals surface area contributed by atoms with E-state index in [1.165, 1.54) is 29.6 Å². The fraction of sp³-hybridized carbons (Fsp3) is 0.227. The van der Waals surface area contributed by atoms with Crippen LogP contribution in [-0.4, -0.2) is 48.0 Å². The summed E-state index contributed by atoms with van der Waals surface area (Å²) in [5.41, 5.74) is 1.42. The standard InChI is InChI=1S/C22H22FN5OS/c23-18-8-4-5-9-19(18)24-21(29)16-30-22-11-10-20(25-26-22)28-14-12-27(13-15-28)17-6-2-1-3-7-17/h1-11H,12-16H2,(H,24,29). The first-order valence-electron chi connectivity index (χ1n) is 9.75. The second-order valence-corrected chi connectivity index (χ2v) is 7.85. The highest BCUT2D eigenvalue weighted by Crippen LogP contribution is 2.21. The molecule has 2 aromatic carbocycles. The van der Waals surface area contributed by atoms with Crippen molar-refractivity contribution in [3.8, 4) is 0 Å². The van der Waals surface area contributed by atoms with Gasteiger partial charge < -0.3 is 15.1 Å². The minimum absolute atomic E-state index is 0.137. The van der Waals surface area contributed by atoms with Crippen molar-refractivity contribution < 1.29 is 9.18 Å². The minimum Gasteiger partial charge on any atom is -0.368 e. The van der Waals surface area contributed by atoms with Crippen molar-refractivity contribution in [3.63, 3.8) is 0 Å². The Kier molecular flexibility index (Phi) is 6.44. The highest BCUT2D eigenvalue weighted by molar-refractivity contribution is 7.99. The maximum absolute atomic E-state index is 13.6. The van der Waals surface area contributed by atoms with Crippen LogP contribution >= 0.6 is 11.8 Å². The summed E-state index contributed by atoms with van der Waals surface area (Å²) in [5, 5.41) is 11.8. The van der Waals surface area contributed by atoms with E-state index in [0.29, 0.717) is 5.03 Å². The van der Waals surface area contributed by atoms with Gasteiger partial charge in [0.1, 0.15) is 10.8 Å². The number of anilines is 3. The number of nitrogens with zero attached hydrogens (tertiary/aromatic N) is 4. The molecule has 1 saturated heterocycles. The zero-order valence-corrected chi connectivity index (χ0v) is 17.2. The molecule has 0 atom stereocenters. The maximum atomic E-state index is 13.6. The Morgan fingerprint density at radius 2 is 1.60 bits per heavy atom. The Labute approximate surface area is 179 Å². The molecule has 154 valence electrons. The number of benzene rings is 2. The van der Waals surface area contributed by atoms with E-state index in [1.54, 1.807) is 12.1 Å². The Balaban J connectivity index is 1.26. The summed E-state index contributed by atoms with van der Waals surface area (Å²) in [5.74, 6) is 0.237. The van der Waals surface area contributed by atoms with Crippen LogP contribution in [0.5, 0.6) is 0 Å². The van der Waals surface area contributed by atoms with Gasteiger partial charge >= 0.3 is 0 Å². The molecular weight excluding hydrogens is 401 g/mol. The monoisotopic (exact) mass is 423 g/mol. The lowest BCUT2D eigenvalue weighted by atomic mass is 10.2. The summed E-state index contributed by atoms with van der Waals surface area (Å²) >= 11 is 1.27. The molecule has 4 rings (SSSR count). The van der Waals surface area contributed by atoms with Crippen LogP contribution in [0.15, 0.2) is 71.8 Å². The molecule has 3 aromatic rings. The third-order valence-electron chi connectivity index (χ3n) is 4.85. The van der Waals surface area contributed by atoms with E-state index in [9.17, 15) is 9.18 Å². The molecular formula is C22H22FN5OS. The summed E-state index contributed by atoms with van der Waals surface area (Å²) < 4.78 is 13.6. The fourth-order valence-corrected chi connectivity index (χ4v) is 3.89. The van der Waals surface area contributed by atoms with E-state index in [-0.39, 0.29) is 17.3 Å². The molecule has 1 N–H and O–H groups in total. The van der Waals surface area contributed by atoms with Gasteiger partial charge in [0, 0.05) is 31.9 Å². The smallest absolute Gasteiger partial charge is 0.234 e. The number of hydrogen-bond acceptors (Lipinski definition) is 6. The predicted octanol–water partition coefficient (Wildman–Crippen LogP) is 3.67. The number of carbonyl (C=O) groups excluding carboxylic acids is 1. The van der Waals surface area contributed by atoms with E-state index in [4.69, 9.17) is 0 Å². The lowest BCUT2D eigenvalue weighted by Crippen LogP contribution is -2.46. The first-order chi connectivity index (χ1) is 14.7. The molecule has 2 heterocycles. The molecule has 30 heavy (non-hydrogen) atoms. The number of piperazine rings is 1. The normalized spacial score (nSPS) is 13.9. The molecule has 1 aliphatic heterocycles. The lowest BCUT2D eigenvalue weighted by molar-refractivity contribution is -0.113. The van der Waals surface area contributed by atoms with Crippen molar-refractivity contribution in [1.82, 2.24) is 10.2 Å². The summed E-state index contributed by atoms with van der Waals surface area (Å²) in [6.07, 6.45) is 0. The van der Waals surface area contributed by atoms with Gasteiger partial charge in [-0.3, -0.25) is 4.79 Å². The van der Waals surface area contributed by atoms with Gasteiger partial charge in [0.2, 0.25) is 5.91 Å². The maximum Gasteiger partial charge on any atom is 0.234 e. The SMILES string of the molecule is O=C(CSc1ccc(N2CCN(c3ccccc3)CC2)nn1)Nc1ccccc1F. The first kappa shape index (κ1) is 20.2. The predicted molar refractivity (Wildman–Crippen MR) is 119 cm³/mol. The molecule has 8 heteroatoms. The largest absolute Gasteiger partial charge is 0.368 e. The lowest BCUT2D eigenvalue weighted by Gasteiger charge is -2.36. The van der Waals surface area contributed by atoms with E-state index < -0.39 is 5.82 Å². The number of rotatable bonds is 6. The average molecular weight is 424 g/mol. The van der Waals surface area contributed by atoms with E-state index in [1.807, 2.05) is 18.2 Å². The van der Waals surface area contributed by atoms with Crippen LogP contribution in [0, 0.1) is 5.82 Å². The number of carbonyl (C=O) groups is 1. The third kappa shape index (κ3) is 5.07. The van der Waals surface area contributed by atoms with Gasteiger partial charge in [0.05, 0.1) is 11.4 Å². The van der Waals surface area contributed by atoms with Crippen LogP contribution in [-0.2, 0) is 4.79 Å². The number of para-hydroxylation sites is 2. The van der Waals surface area contributed by atoms with Crippen molar-refractivity contribution >= 4 is 34.9 Å². The van der Waals surface area contributed by atoms with Crippen molar-refractivity contribution in [1.29, 1.82) is 0 Å². The molecule has 0 unspecified atom stereocenters. The van der Waals surface area contributed by atoms with Gasteiger partial charge in [0.25, 0.3) is 0 Å². The van der Waals surface area contributed by atoms with Crippen molar-refractivity contribution in [2.45, 2.75) is 5.03 Å². The number of halogens is 1. The third-order valence-corrected chi connectivity index (χ3v) is 5.77. The van der Waals surface area contributed by atoms with Crippen molar-refractivity contribution in [3.05, 3.63) is 72.5 Å². The van der Waals surface area contributed by atoms with Gasteiger partial charge in [-0.15, -0.1) is 10.2 Å². The Morgan fingerprint density at radius 3 is 2.30 bits per heavy atom. The number of aromatic nitrogens is 2. The summed E-state index contributed by atoms with van der Waals surface area (Å²) in [7, 11) is 0. The van der Waals surface area contributed by atoms with Gasteiger partial charge in [-0.1, -0.05) is 42.1 Å². The second-order valence-electron chi connectivity index (χ2n) is 6.86. The van der Waals surface area contributed by atoms with Gasteiger partial charge in [-0.05, 0) is 36.4 Å². The summed E-state index contributed by atoms with van der Waals surface area (Å²) in [6.45, 7) is 3.61. The molecule has 6 nitrogen and oxygen atoms in total. The van der Waals surface area contributed by atoms with Crippen LogP contribution in [0.4, 0.5) is 21.6 Å². The number of nitrogens with one attached hydrogen (secondary N) is 1. The average Bonchev–Trinajstić information content (AvgIpc) is 2.80. The zero-order valence-electron chi connectivity index (χ0n) is 16.4. The molecule has 1 fully saturated rings. The van der Waals surface area contributed by atoms with Crippen LogP contribution in [0.25, 0.3) is 0 Å². The minimum atomic E-state index is -0.452. The van der Waals surface area contributed by atoms with Gasteiger partial charge in [-0.2, -0.15) is 0 Å². The second kappa shape index (κ2) is 9.58. The fourth-order valence-electron chi connectivity index (χ4n) is 3.28. The van der Waals surface area contributed by atoms with Gasteiger partial charge in [-0.25, -0.2) is 4.39 Å². The summed E-state index contributed by atoms with van der Waals surface area (Å²) in [6, 6.07) is 20.3. The quantitative estimate of drug-likeness (QED) is 0.611. The number of thioether (sulfide) groups is 1. The van der Waals surface area contributed by atoms with Gasteiger partial charge in [0.15, 0.2) is 5.82 Å². The molecule has 0 radical (unpaired) electrons. The topological polar surface area (TPSA) is 61.4 Å². The Morgan fingerprint density at radius 1 is 0.900 bits per heavy atom. The molecule has 1 amide bonds. The van der Waals surface area contributed by atoms with Crippen LogP contribution in [0.3, 0.4) is 0 Å². The number of hydrogen-bond donors (Lipinski definition) is 1. The van der Waals surface area contributed by atoms with Crippen LogP contribution in [0.1, 0.15) is 0 Å². The Hall–Kier alpha value is -3.13. The van der Waals surface area contributed by atoms with E-state index >= 15 is 0 Å². The Bertz CT molecular complexity index is 978. The first-order valence-corrected chi connectivity index (χ1v) is 10.7. The van der Waals surface area contributed by atoms with Crippen molar-refractivity contribution in [2.24, 2.45) is 0 Å². The number of amides is 1. The highest BCUT2D eigenvalue weighted by atomic mass is 32.2. The molecule has 0 bridgehead atoms. The van der Waals surface area contributed by atoms with Crippen LogP contribution in [0.2, 0.25) is 0 Å². The zero-order chi connectivity index (χ0) is 20.8. The molecule has 0 saturated carbocycles. The van der Waals surface area contributed by atoms with Crippen LogP contribution < -0.4 is 15.1 Å².